The molecule has 146 valence electrons. The number of benzene rings is 1. The fourth-order valence-corrected chi connectivity index (χ4v) is 3.78. The van der Waals surface area contributed by atoms with Gasteiger partial charge in [0, 0.05) is 33.0 Å². The van der Waals surface area contributed by atoms with E-state index in [0.717, 1.165) is 18.4 Å². The Labute approximate surface area is 161 Å². The first-order valence-electron chi connectivity index (χ1n) is 9.45. The first-order chi connectivity index (χ1) is 13.5. The smallest absolute Gasteiger partial charge is 0.262 e. The van der Waals surface area contributed by atoms with Crippen LogP contribution < -0.4 is 5.56 Å². The number of carbonyl (C=O) groups is 1. The predicted octanol–water partition coefficient (Wildman–Crippen LogP) is 2.13. The molecule has 1 aliphatic heterocycles. The van der Waals surface area contributed by atoms with Gasteiger partial charge in [-0.2, -0.15) is 5.10 Å². The molecule has 8 heteroatoms. The summed E-state index contributed by atoms with van der Waals surface area (Å²) in [6.45, 7) is 1.37. The Morgan fingerprint density at radius 2 is 1.96 bits per heavy atom. The minimum Gasteiger partial charge on any atom is -0.343 e. The van der Waals surface area contributed by atoms with Gasteiger partial charge in [0.25, 0.3) is 5.56 Å². The van der Waals surface area contributed by atoms with E-state index >= 15 is 0 Å². The normalized spacial score (nSPS) is 15.3. The van der Waals surface area contributed by atoms with Gasteiger partial charge in [0.1, 0.15) is 17.0 Å². The topological polar surface area (TPSA) is 83.9 Å². The van der Waals surface area contributed by atoms with Crippen LogP contribution in [-0.4, -0.2) is 43.6 Å². The molecule has 0 bridgehead atoms. The predicted molar refractivity (Wildman–Crippen MR) is 102 cm³/mol. The van der Waals surface area contributed by atoms with Crippen molar-refractivity contribution in [3.05, 3.63) is 58.0 Å². The van der Waals surface area contributed by atoms with Crippen molar-refractivity contribution >= 4 is 16.9 Å². The highest BCUT2D eigenvalue weighted by atomic mass is 19.1. The maximum atomic E-state index is 13.1. The van der Waals surface area contributed by atoms with E-state index in [4.69, 9.17) is 0 Å². The first kappa shape index (κ1) is 18.3. The maximum absolute atomic E-state index is 13.1. The number of piperidine rings is 1. The van der Waals surface area contributed by atoms with E-state index in [1.54, 1.807) is 11.7 Å². The average Bonchev–Trinajstić information content (AvgIpc) is 3.08. The minimum atomic E-state index is -0.235. The van der Waals surface area contributed by atoms with Crippen LogP contribution in [0.2, 0.25) is 0 Å². The summed E-state index contributed by atoms with van der Waals surface area (Å²) >= 11 is 0. The zero-order chi connectivity index (χ0) is 19.7. The fourth-order valence-electron chi connectivity index (χ4n) is 3.78. The van der Waals surface area contributed by atoms with Gasteiger partial charge in [0.2, 0.25) is 5.91 Å². The van der Waals surface area contributed by atoms with Crippen LogP contribution in [0.1, 0.15) is 36.6 Å². The van der Waals surface area contributed by atoms with Gasteiger partial charge < -0.3 is 9.88 Å². The number of aromatic amines is 1. The number of hydrogen-bond donors (Lipinski definition) is 1. The second-order valence-corrected chi connectivity index (χ2v) is 7.22. The number of rotatable bonds is 4. The zero-order valence-corrected chi connectivity index (χ0v) is 15.7. The molecule has 1 aromatic carbocycles. The van der Waals surface area contributed by atoms with Crippen molar-refractivity contribution in [3.63, 3.8) is 0 Å². The molecule has 1 saturated heterocycles. The second kappa shape index (κ2) is 7.53. The maximum Gasteiger partial charge on any atom is 0.262 e. The number of nitrogens with one attached hydrogen (secondary N) is 1. The minimum absolute atomic E-state index is 0.0605. The quantitative estimate of drug-likeness (QED) is 0.748. The van der Waals surface area contributed by atoms with E-state index in [-0.39, 0.29) is 17.3 Å². The Hall–Kier alpha value is -3.03. The lowest BCUT2D eigenvalue weighted by atomic mass is 9.89. The third-order valence-electron chi connectivity index (χ3n) is 5.42. The summed E-state index contributed by atoms with van der Waals surface area (Å²) < 4.78 is 14.6. The van der Waals surface area contributed by atoms with Crippen LogP contribution in [0.15, 0.2) is 35.3 Å². The Morgan fingerprint density at radius 3 is 2.68 bits per heavy atom. The summed E-state index contributed by atoms with van der Waals surface area (Å²) in [5.74, 6) is 0.684. The largest absolute Gasteiger partial charge is 0.343 e. The van der Waals surface area contributed by atoms with E-state index < -0.39 is 0 Å². The molecule has 1 amide bonds. The van der Waals surface area contributed by atoms with Gasteiger partial charge in [-0.15, -0.1) is 0 Å². The van der Waals surface area contributed by atoms with Crippen molar-refractivity contribution in [1.29, 1.82) is 0 Å². The van der Waals surface area contributed by atoms with Crippen LogP contribution in [0, 0.1) is 5.82 Å². The number of aryl methyl sites for hydroxylation is 2. The molecule has 4 rings (SSSR count). The summed E-state index contributed by atoms with van der Waals surface area (Å²) in [6.07, 6.45) is 3.91. The van der Waals surface area contributed by atoms with Crippen molar-refractivity contribution in [2.45, 2.75) is 31.6 Å². The molecule has 1 aliphatic rings. The van der Waals surface area contributed by atoms with Gasteiger partial charge in [-0.3, -0.25) is 14.3 Å². The number of H-pyrrole nitrogens is 1. The molecule has 0 spiro atoms. The highest BCUT2D eigenvalue weighted by Crippen LogP contribution is 2.28. The molecule has 0 radical (unpaired) electrons. The van der Waals surface area contributed by atoms with Crippen molar-refractivity contribution < 1.29 is 9.18 Å². The molecule has 1 fully saturated rings. The standard InChI is InChI=1S/C20H22FN5O2/c1-25-19-16(12-22-25)20(28)24-17(23-19)6-7-18(27)26-10-8-14(9-11-26)13-2-4-15(21)5-3-13/h2-5,12,14H,6-11H2,1H3,(H,23,24,28). The molecule has 1 N–H and O–H groups in total. The number of halogens is 1. The highest BCUT2D eigenvalue weighted by molar-refractivity contribution is 5.77. The lowest BCUT2D eigenvalue weighted by Gasteiger charge is -2.32. The van der Waals surface area contributed by atoms with Crippen LogP contribution in [0.5, 0.6) is 0 Å². The Kier molecular flexibility index (Phi) is 4.93. The second-order valence-electron chi connectivity index (χ2n) is 7.22. The molecule has 28 heavy (non-hydrogen) atoms. The Balaban J connectivity index is 1.34. The molecular weight excluding hydrogens is 361 g/mol. The molecule has 0 unspecified atom stereocenters. The number of aromatic nitrogens is 4. The van der Waals surface area contributed by atoms with Gasteiger partial charge in [-0.05, 0) is 36.5 Å². The monoisotopic (exact) mass is 383 g/mol. The molecule has 3 aromatic rings. The van der Waals surface area contributed by atoms with E-state index in [0.29, 0.717) is 48.7 Å². The average molecular weight is 383 g/mol. The zero-order valence-electron chi connectivity index (χ0n) is 15.7. The van der Waals surface area contributed by atoms with Crippen LogP contribution in [0.4, 0.5) is 4.39 Å². The summed E-state index contributed by atoms with van der Waals surface area (Å²) in [5, 5.41) is 4.49. The lowest BCUT2D eigenvalue weighted by molar-refractivity contribution is -0.132. The summed E-state index contributed by atoms with van der Waals surface area (Å²) in [7, 11) is 1.73. The van der Waals surface area contributed by atoms with Crippen LogP contribution in [-0.2, 0) is 18.3 Å². The number of likely N-dealkylation sites (tertiary alicyclic amines) is 1. The number of carbonyl (C=O) groups excluding carboxylic acids is 1. The van der Waals surface area contributed by atoms with Gasteiger partial charge >= 0.3 is 0 Å². The number of hydrogen-bond acceptors (Lipinski definition) is 4. The summed E-state index contributed by atoms with van der Waals surface area (Å²) in [5.41, 5.74) is 1.41. The molecular formula is C20H22FN5O2. The van der Waals surface area contributed by atoms with E-state index in [1.165, 1.54) is 18.3 Å². The molecule has 3 heterocycles. The van der Waals surface area contributed by atoms with Gasteiger partial charge in [0.05, 0.1) is 6.20 Å². The third-order valence-corrected chi connectivity index (χ3v) is 5.42. The number of nitrogens with zero attached hydrogens (tertiary/aromatic N) is 4. The van der Waals surface area contributed by atoms with Crippen LogP contribution in [0.3, 0.4) is 0 Å². The van der Waals surface area contributed by atoms with Gasteiger partial charge in [0.15, 0.2) is 5.65 Å². The van der Waals surface area contributed by atoms with Crippen molar-refractivity contribution in [2.24, 2.45) is 7.05 Å². The third kappa shape index (κ3) is 3.67. The van der Waals surface area contributed by atoms with Crippen LogP contribution in [0.25, 0.3) is 11.0 Å². The Bertz CT molecular complexity index is 1050. The summed E-state index contributed by atoms with van der Waals surface area (Å²) in [4.78, 5) is 33.7. The molecule has 0 aliphatic carbocycles. The van der Waals surface area contributed by atoms with Crippen molar-refractivity contribution in [1.82, 2.24) is 24.6 Å². The number of fused-ring (bicyclic) bond motifs is 1. The summed E-state index contributed by atoms with van der Waals surface area (Å²) in [6, 6.07) is 6.63. The molecule has 0 atom stereocenters. The van der Waals surface area contributed by atoms with Gasteiger partial charge in [-0.1, -0.05) is 12.1 Å². The molecule has 0 saturated carbocycles. The van der Waals surface area contributed by atoms with Crippen molar-refractivity contribution in [3.8, 4) is 0 Å². The lowest BCUT2D eigenvalue weighted by Crippen LogP contribution is -2.38. The molecule has 2 aromatic heterocycles. The van der Waals surface area contributed by atoms with Crippen LogP contribution >= 0.6 is 0 Å². The van der Waals surface area contributed by atoms with E-state index in [9.17, 15) is 14.0 Å². The van der Waals surface area contributed by atoms with E-state index in [1.807, 2.05) is 17.0 Å². The van der Waals surface area contributed by atoms with E-state index in [2.05, 4.69) is 15.1 Å². The SMILES string of the molecule is Cn1ncc2c(=O)[nH]c(CCC(=O)N3CCC(c4ccc(F)cc4)CC3)nc21. The first-order valence-corrected chi connectivity index (χ1v) is 9.45. The Morgan fingerprint density at radius 1 is 1.25 bits per heavy atom. The highest BCUT2D eigenvalue weighted by Gasteiger charge is 2.24. The van der Waals surface area contributed by atoms with Gasteiger partial charge in [-0.25, -0.2) is 9.37 Å². The number of amides is 1. The fraction of sp³-hybridized carbons (Fsp3) is 0.400. The van der Waals surface area contributed by atoms with Crippen molar-refractivity contribution in [2.75, 3.05) is 13.1 Å². The molecule has 7 nitrogen and oxygen atoms in total.